The first-order chi connectivity index (χ1) is 21.7. The van der Waals surface area contributed by atoms with E-state index in [4.69, 9.17) is 0 Å². The number of aliphatic imine (C=N–C) groups is 2. The van der Waals surface area contributed by atoms with Crippen LogP contribution in [0.25, 0.3) is 0 Å². The first kappa shape index (κ1) is 41.6. The van der Waals surface area contributed by atoms with Crippen molar-refractivity contribution in [1.82, 2.24) is 34.6 Å². The van der Waals surface area contributed by atoms with Crippen LogP contribution in [-0.4, -0.2) is 81.6 Å². The lowest BCUT2D eigenvalue weighted by molar-refractivity contribution is -0.120. The number of nitrogens with one attached hydrogen (secondary N) is 2. The van der Waals surface area contributed by atoms with Gasteiger partial charge in [-0.2, -0.15) is 0 Å². The third-order valence-corrected chi connectivity index (χ3v) is 6.58. The molecule has 0 aromatic carbocycles. The second-order valence-corrected chi connectivity index (χ2v) is 11.1. The number of aryl methyl sites for hydroxylation is 4. The molecule has 2 aromatic rings. The van der Waals surface area contributed by atoms with Gasteiger partial charge >= 0.3 is 0 Å². The van der Waals surface area contributed by atoms with Crippen LogP contribution >= 0.6 is 0 Å². The van der Waals surface area contributed by atoms with Crippen LogP contribution in [-0.2, 0) is 18.9 Å². The number of nitrogens with zero attached hydrogens (tertiary/aromatic N) is 7. The lowest BCUT2D eigenvalue weighted by Gasteiger charge is -2.26. The van der Waals surface area contributed by atoms with E-state index in [0.717, 1.165) is 42.9 Å². The first-order valence-corrected chi connectivity index (χ1v) is 16.6. The predicted octanol–water partition coefficient (Wildman–Crippen LogP) is 6.19. The Bertz CT molecular complexity index is 1080. The normalized spacial score (nSPS) is 14.4. The zero-order valence-corrected chi connectivity index (χ0v) is 29.8. The molecule has 2 aromatic heterocycles. The molecule has 10 heteroatoms. The average Bonchev–Trinajstić information content (AvgIpc) is 3.87. The topological polar surface area (TPSA) is 105 Å². The van der Waals surface area contributed by atoms with Gasteiger partial charge in [-0.3, -0.25) is 14.8 Å². The Hall–Kier alpha value is -3.37. The Labute approximate surface area is 274 Å². The minimum absolute atomic E-state index is 0.0714. The van der Waals surface area contributed by atoms with E-state index in [0.29, 0.717) is 6.42 Å². The molecule has 0 unspecified atom stereocenters. The summed E-state index contributed by atoms with van der Waals surface area (Å²) in [5.41, 5.74) is 4.31. The lowest BCUT2D eigenvalue weighted by atomic mass is 10.3. The van der Waals surface area contributed by atoms with Crippen molar-refractivity contribution in [1.29, 1.82) is 0 Å². The molecule has 0 bridgehead atoms. The van der Waals surface area contributed by atoms with Gasteiger partial charge in [0.1, 0.15) is 0 Å². The van der Waals surface area contributed by atoms with Crippen molar-refractivity contribution >= 4 is 18.3 Å². The highest BCUT2D eigenvalue weighted by Crippen LogP contribution is 2.08. The molecule has 5 rings (SSSR count). The van der Waals surface area contributed by atoms with Crippen molar-refractivity contribution in [2.45, 2.75) is 93.4 Å². The van der Waals surface area contributed by atoms with Crippen molar-refractivity contribution in [3.05, 3.63) is 60.0 Å². The van der Waals surface area contributed by atoms with Crippen LogP contribution in [0.2, 0.25) is 0 Å². The Morgan fingerprint density at radius 2 is 1.56 bits per heavy atom. The molecule has 0 spiro atoms. The number of carbonyl (C=O) groups is 1. The summed E-state index contributed by atoms with van der Waals surface area (Å²) in [5.74, 6) is 0.0714. The van der Waals surface area contributed by atoms with Crippen LogP contribution in [0.3, 0.4) is 0 Å². The second kappa shape index (κ2) is 28.1. The summed E-state index contributed by atoms with van der Waals surface area (Å²) in [6.07, 6.45) is 22.4. The van der Waals surface area contributed by atoms with E-state index in [2.05, 4.69) is 62.3 Å². The number of unbranched alkanes of at least 4 members (excludes halogenated alkanes) is 1. The fourth-order valence-corrected chi connectivity index (χ4v) is 3.71. The van der Waals surface area contributed by atoms with E-state index in [1.54, 1.807) is 12.7 Å². The molecule has 0 aliphatic carbocycles. The predicted molar refractivity (Wildman–Crippen MR) is 192 cm³/mol. The molecule has 3 aliphatic rings. The summed E-state index contributed by atoms with van der Waals surface area (Å²) in [7, 11) is 3.93. The summed E-state index contributed by atoms with van der Waals surface area (Å²) < 4.78 is 3.90. The van der Waals surface area contributed by atoms with Crippen molar-refractivity contribution in [3.63, 3.8) is 0 Å². The van der Waals surface area contributed by atoms with Gasteiger partial charge in [-0.05, 0) is 40.2 Å². The minimum Gasteiger partial charge on any atom is -0.356 e. The summed E-state index contributed by atoms with van der Waals surface area (Å²) in [6.45, 7) is 21.5. The number of amides is 1. The monoisotopic (exact) mass is 626 g/mol. The number of piperazine rings is 1. The van der Waals surface area contributed by atoms with Crippen LogP contribution in [0, 0.1) is 13.8 Å². The third kappa shape index (κ3) is 24.6. The van der Waals surface area contributed by atoms with Crippen LogP contribution in [0.5, 0.6) is 0 Å². The van der Waals surface area contributed by atoms with E-state index in [-0.39, 0.29) is 5.91 Å². The number of hydrogen-bond acceptors (Lipinski definition) is 7. The summed E-state index contributed by atoms with van der Waals surface area (Å²) in [5, 5.41) is 6.14. The minimum atomic E-state index is 0.0714. The first-order valence-electron chi connectivity index (χ1n) is 16.6. The molecule has 254 valence electrons. The maximum Gasteiger partial charge on any atom is 0.226 e. The highest BCUT2D eigenvalue weighted by Gasteiger charge is 2.06. The molecule has 0 radical (unpaired) electrons. The standard InChI is InChI=1S/C9H14N2O.C7H16N2.2C5H8N2.C5H7N.C4H10/c1-2-5-11-9(12)7-8-4-3-6-10-8;1-2-5-9-6-3-8-4-7-9;1-5-3-7(2)4-6-5;1-5-3-6-4-7(5)2;1-5-3-2-4-6-5;1-3-4-2/h4,6H,2-3,5,7H2,1H3,(H,11,12);8H,2-7H2,1H3;2*3-4H,1-2H3;3-4H,2H2,1H3;3-4H2,1-2H3. The van der Waals surface area contributed by atoms with E-state index in [1.165, 1.54) is 57.7 Å². The molecule has 45 heavy (non-hydrogen) atoms. The van der Waals surface area contributed by atoms with Gasteiger partial charge in [-0.15, -0.1) is 0 Å². The maximum atomic E-state index is 11.1. The molecular formula is C35H63N9O. The molecule has 5 heterocycles. The second-order valence-electron chi connectivity index (χ2n) is 11.1. The third-order valence-electron chi connectivity index (χ3n) is 6.58. The van der Waals surface area contributed by atoms with Crippen molar-refractivity contribution in [2.24, 2.45) is 24.1 Å². The number of hydrogen-bond donors (Lipinski definition) is 2. The SMILES string of the molecule is CC1=CCC=N1.CCCC.CCCN1CCNCC1.CCCNC(=O)CC1=CCC=N1.Cc1cn(C)cn1.Cc1cncn1C. The highest BCUT2D eigenvalue weighted by atomic mass is 16.1. The number of imidazole rings is 2. The summed E-state index contributed by atoms with van der Waals surface area (Å²) >= 11 is 0. The summed E-state index contributed by atoms with van der Waals surface area (Å²) in [4.78, 5) is 29.5. The molecule has 3 aliphatic heterocycles. The molecule has 0 saturated carbocycles. The average molecular weight is 626 g/mol. The Morgan fingerprint density at radius 3 is 1.89 bits per heavy atom. The highest BCUT2D eigenvalue weighted by molar-refractivity contribution is 5.80. The zero-order chi connectivity index (χ0) is 33.7. The van der Waals surface area contributed by atoms with Crippen molar-refractivity contribution in [2.75, 3.05) is 39.3 Å². The number of rotatable bonds is 7. The fourth-order valence-electron chi connectivity index (χ4n) is 3.71. The molecule has 10 nitrogen and oxygen atoms in total. The smallest absolute Gasteiger partial charge is 0.226 e. The molecule has 2 N–H and O–H groups in total. The van der Waals surface area contributed by atoms with Gasteiger partial charge < -0.3 is 24.7 Å². The van der Waals surface area contributed by atoms with Gasteiger partial charge in [0.2, 0.25) is 5.91 Å². The van der Waals surface area contributed by atoms with Crippen LogP contribution in [0.4, 0.5) is 0 Å². The van der Waals surface area contributed by atoms with Gasteiger partial charge in [0.25, 0.3) is 0 Å². The Morgan fingerprint density at radius 1 is 0.889 bits per heavy atom. The Balaban J connectivity index is 0.000000532. The molecule has 1 fully saturated rings. The molecule has 1 amide bonds. The molecule has 1 saturated heterocycles. The maximum absolute atomic E-state index is 11.1. The molecular weight excluding hydrogens is 562 g/mol. The van der Waals surface area contributed by atoms with Crippen LogP contribution in [0.1, 0.15) is 91.0 Å². The quantitative estimate of drug-likeness (QED) is 0.382. The van der Waals surface area contributed by atoms with Gasteiger partial charge in [0.15, 0.2) is 0 Å². The van der Waals surface area contributed by atoms with Gasteiger partial charge in [0, 0.05) is 102 Å². The fraction of sp³-hybridized carbons (Fsp3) is 0.629. The van der Waals surface area contributed by atoms with Crippen LogP contribution < -0.4 is 10.6 Å². The van der Waals surface area contributed by atoms with Crippen molar-refractivity contribution in [3.8, 4) is 0 Å². The van der Waals surface area contributed by atoms with Gasteiger partial charge in [0.05, 0.1) is 24.8 Å². The van der Waals surface area contributed by atoms with Crippen LogP contribution in [0.15, 0.2) is 58.6 Å². The lowest BCUT2D eigenvalue weighted by Crippen LogP contribution is -2.43. The van der Waals surface area contributed by atoms with Crippen molar-refractivity contribution < 1.29 is 4.79 Å². The van der Waals surface area contributed by atoms with Gasteiger partial charge in [-0.1, -0.05) is 52.7 Å². The number of aromatic nitrogens is 4. The van der Waals surface area contributed by atoms with Gasteiger partial charge in [-0.25, -0.2) is 9.97 Å². The van der Waals surface area contributed by atoms with E-state index in [1.807, 2.05) is 81.8 Å². The number of allylic oxidation sites excluding steroid dienone is 3. The zero-order valence-electron chi connectivity index (χ0n) is 29.8. The number of carbonyl (C=O) groups excluding carboxylic acids is 1. The van der Waals surface area contributed by atoms with E-state index < -0.39 is 0 Å². The largest absolute Gasteiger partial charge is 0.356 e. The molecule has 0 atom stereocenters. The van der Waals surface area contributed by atoms with E-state index in [9.17, 15) is 4.79 Å². The summed E-state index contributed by atoms with van der Waals surface area (Å²) in [6, 6.07) is 0. The Kier molecular flexibility index (Phi) is 26.0. The van der Waals surface area contributed by atoms with E-state index >= 15 is 0 Å².